The minimum absolute atomic E-state index is 0.0250. The zero-order valence-electron chi connectivity index (χ0n) is 12.7. The van der Waals surface area contributed by atoms with Crippen LogP contribution in [0.3, 0.4) is 0 Å². The summed E-state index contributed by atoms with van der Waals surface area (Å²) in [5.74, 6) is 0.212. The molecule has 0 aliphatic rings. The molecule has 5 nitrogen and oxygen atoms in total. The molecule has 0 aromatic heterocycles. The number of para-hydroxylation sites is 1. The van der Waals surface area contributed by atoms with Crippen molar-refractivity contribution in [3.05, 3.63) is 54.3 Å². The maximum atomic E-state index is 13.3. The van der Waals surface area contributed by atoms with E-state index in [-0.39, 0.29) is 23.8 Å². The van der Waals surface area contributed by atoms with E-state index in [9.17, 15) is 12.8 Å². The molecule has 2 aromatic rings. The Morgan fingerprint density at radius 2 is 1.74 bits per heavy atom. The van der Waals surface area contributed by atoms with Gasteiger partial charge in [-0.25, -0.2) is 17.5 Å². The largest absolute Gasteiger partial charge is 0.494 e. The van der Waals surface area contributed by atoms with E-state index in [0.29, 0.717) is 12.4 Å². The standard InChI is InChI=1S/C16H18FNO4S/c1-2-21-13-7-9-14(10-8-13)23(19,20)18-11-12-22-16-6-4-3-5-15(16)17/h3-10,18H,2,11-12H2,1H3. The Balaban J connectivity index is 1.87. The predicted molar refractivity (Wildman–Crippen MR) is 84.7 cm³/mol. The first-order chi connectivity index (χ1) is 11.0. The van der Waals surface area contributed by atoms with Crippen molar-refractivity contribution >= 4 is 10.0 Å². The molecule has 0 radical (unpaired) electrons. The van der Waals surface area contributed by atoms with Gasteiger partial charge in [-0.2, -0.15) is 0 Å². The Hall–Kier alpha value is -2.12. The lowest BCUT2D eigenvalue weighted by Gasteiger charge is -2.09. The van der Waals surface area contributed by atoms with Crippen LogP contribution < -0.4 is 14.2 Å². The number of hydrogen-bond donors (Lipinski definition) is 1. The van der Waals surface area contributed by atoms with Gasteiger partial charge in [0.15, 0.2) is 11.6 Å². The SMILES string of the molecule is CCOc1ccc(S(=O)(=O)NCCOc2ccccc2F)cc1. The van der Waals surface area contributed by atoms with Crippen LogP contribution in [0.5, 0.6) is 11.5 Å². The number of hydrogen-bond acceptors (Lipinski definition) is 4. The van der Waals surface area contributed by atoms with E-state index in [0.717, 1.165) is 0 Å². The van der Waals surface area contributed by atoms with E-state index >= 15 is 0 Å². The summed E-state index contributed by atoms with van der Waals surface area (Å²) < 4.78 is 50.4. The van der Waals surface area contributed by atoms with Crippen LogP contribution in [-0.2, 0) is 10.0 Å². The Kier molecular flexibility index (Phi) is 5.95. The second kappa shape index (κ2) is 7.94. The molecule has 23 heavy (non-hydrogen) atoms. The van der Waals surface area contributed by atoms with Crippen molar-refractivity contribution in [2.75, 3.05) is 19.8 Å². The van der Waals surface area contributed by atoms with Crippen molar-refractivity contribution in [3.8, 4) is 11.5 Å². The number of nitrogens with one attached hydrogen (secondary N) is 1. The molecule has 1 N–H and O–H groups in total. The van der Waals surface area contributed by atoms with Crippen LogP contribution in [0.2, 0.25) is 0 Å². The van der Waals surface area contributed by atoms with Gasteiger partial charge in [-0.3, -0.25) is 0 Å². The molecule has 0 unspecified atom stereocenters. The summed E-state index contributed by atoms with van der Waals surface area (Å²) in [5, 5.41) is 0. The first-order valence-electron chi connectivity index (χ1n) is 7.13. The molecule has 0 bridgehead atoms. The highest BCUT2D eigenvalue weighted by Crippen LogP contribution is 2.16. The highest BCUT2D eigenvalue weighted by atomic mass is 32.2. The van der Waals surface area contributed by atoms with Crippen LogP contribution >= 0.6 is 0 Å². The summed E-state index contributed by atoms with van der Waals surface area (Å²) >= 11 is 0. The van der Waals surface area contributed by atoms with Crippen molar-refractivity contribution in [3.63, 3.8) is 0 Å². The second-order valence-electron chi connectivity index (χ2n) is 4.58. The van der Waals surface area contributed by atoms with Crippen molar-refractivity contribution in [2.24, 2.45) is 0 Å². The van der Waals surface area contributed by atoms with Crippen molar-refractivity contribution in [2.45, 2.75) is 11.8 Å². The van der Waals surface area contributed by atoms with Crippen LogP contribution in [-0.4, -0.2) is 28.2 Å². The lowest BCUT2D eigenvalue weighted by Crippen LogP contribution is -2.28. The van der Waals surface area contributed by atoms with E-state index in [1.807, 2.05) is 6.92 Å². The van der Waals surface area contributed by atoms with Gasteiger partial charge >= 0.3 is 0 Å². The van der Waals surface area contributed by atoms with Gasteiger partial charge in [-0.1, -0.05) is 12.1 Å². The summed E-state index contributed by atoms with van der Waals surface area (Å²) in [5.41, 5.74) is 0. The highest BCUT2D eigenvalue weighted by molar-refractivity contribution is 7.89. The lowest BCUT2D eigenvalue weighted by atomic mass is 10.3. The molecular formula is C16H18FNO4S. The van der Waals surface area contributed by atoms with Crippen LogP contribution in [0.25, 0.3) is 0 Å². The van der Waals surface area contributed by atoms with Gasteiger partial charge in [0.25, 0.3) is 0 Å². The van der Waals surface area contributed by atoms with Gasteiger partial charge in [-0.15, -0.1) is 0 Å². The Morgan fingerprint density at radius 1 is 1.04 bits per heavy atom. The number of rotatable bonds is 8. The Morgan fingerprint density at radius 3 is 2.39 bits per heavy atom. The fourth-order valence-electron chi connectivity index (χ4n) is 1.86. The Bertz CT molecular complexity index is 732. The second-order valence-corrected chi connectivity index (χ2v) is 6.35. The van der Waals surface area contributed by atoms with Crippen molar-refractivity contribution in [1.29, 1.82) is 0 Å². The number of sulfonamides is 1. The van der Waals surface area contributed by atoms with Crippen LogP contribution in [0.4, 0.5) is 4.39 Å². The van der Waals surface area contributed by atoms with Gasteiger partial charge < -0.3 is 9.47 Å². The quantitative estimate of drug-likeness (QED) is 0.751. The molecule has 2 aromatic carbocycles. The number of ether oxygens (including phenoxy) is 2. The molecule has 7 heteroatoms. The third-order valence-corrected chi connectivity index (χ3v) is 4.41. The molecule has 0 saturated heterocycles. The zero-order chi connectivity index (χ0) is 16.7. The fourth-order valence-corrected chi connectivity index (χ4v) is 2.88. The maximum absolute atomic E-state index is 13.3. The fraction of sp³-hybridized carbons (Fsp3) is 0.250. The molecular weight excluding hydrogens is 321 g/mol. The van der Waals surface area contributed by atoms with Crippen LogP contribution in [0, 0.1) is 5.82 Å². The predicted octanol–water partition coefficient (Wildman–Crippen LogP) is 2.58. The minimum Gasteiger partial charge on any atom is -0.494 e. The van der Waals surface area contributed by atoms with Gasteiger partial charge in [0.1, 0.15) is 12.4 Å². The molecule has 0 fully saturated rings. The first kappa shape index (κ1) is 17.2. The van der Waals surface area contributed by atoms with Crippen molar-refractivity contribution in [1.82, 2.24) is 4.72 Å². The van der Waals surface area contributed by atoms with Gasteiger partial charge in [0, 0.05) is 6.54 Å². The molecule has 0 heterocycles. The summed E-state index contributed by atoms with van der Waals surface area (Å²) in [6.45, 7) is 2.42. The van der Waals surface area contributed by atoms with Gasteiger partial charge in [0.05, 0.1) is 11.5 Å². The van der Waals surface area contributed by atoms with E-state index in [2.05, 4.69) is 4.72 Å². The Labute approximate surface area is 135 Å². The maximum Gasteiger partial charge on any atom is 0.240 e. The van der Waals surface area contributed by atoms with Gasteiger partial charge in [0.2, 0.25) is 10.0 Å². The molecule has 0 aliphatic carbocycles. The summed E-state index contributed by atoms with van der Waals surface area (Å²) in [6, 6.07) is 12.1. The van der Waals surface area contributed by atoms with E-state index in [1.54, 1.807) is 24.3 Å². The van der Waals surface area contributed by atoms with E-state index in [1.165, 1.54) is 24.3 Å². The summed E-state index contributed by atoms with van der Waals surface area (Å²) in [7, 11) is -3.64. The lowest BCUT2D eigenvalue weighted by molar-refractivity contribution is 0.306. The van der Waals surface area contributed by atoms with E-state index < -0.39 is 15.8 Å². The summed E-state index contributed by atoms with van der Waals surface area (Å²) in [6.07, 6.45) is 0. The van der Waals surface area contributed by atoms with Crippen LogP contribution in [0.1, 0.15) is 6.92 Å². The molecule has 0 aliphatic heterocycles. The highest BCUT2D eigenvalue weighted by Gasteiger charge is 2.13. The first-order valence-corrected chi connectivity index (χ1v) is 8.61. The normalized spacial score (nSPS) is 11.2. The zero-order valence-corrected chi connectivity index (χ0v) is 13.5. The van der Waals surface area contributed by atoms with Crippen LogP contribution in [0.15, 0.2) is 53.4 Å². The number of benzene rings is 2. The molecule has 2 rings (SSSR count). The minimum atomic E-state index is -3.64. The molecule has 0 saturated carbocycles. The average molecular weight is 339 g/mol. The molecule has 124 valence electrons. The monoisotopic (exact) mass is 339 g/mol. The molecule has 0 amide bonds. The van der Waals surface area contributed by atoms with Crippen molar-refractivity contribution < 1.29 is 22.3 Å². The smallest absolute Gasteiger partial charge is 0.240 e. The topological polar surface area (TPSA) is 64.6 Å². The molecule has 0 spiro atoms. The molecule has 0 atom stereocenters. The summed E-state index contributed by atoms with van der Waals surface area (Å²) in [4.78, 5) is 0.131. The third-order valence-electron chi connectivity index (χ3n) is 2.93. The van der Waals surface area contributed by atoms with E-state index in [4.69, 9.17) is 9.47 Å². The van der Waals surface area contributed by atoms with Gasteiger partial charge in [-0.05, 0) is 43.3 Å². The third kappa shape index (κ3) is 4.94. The number of halogens is 1. The average Bonchev–Trinajstić information content (AvgIpc) is 2.54.